The largest absolute Gasteiger partial charge is 0.397 e. The minimum atomic E-state index is -4.74. The van der Waals surface area contributed by atoms with Crippen molar-refractivity contribution in [3.05, 3.63) is 0 Å². The van der Waals surface area contributed by atoms with Gasteiger partial charge < -0.3 is 25.4 Å². The first-order chi connectivity index (χ1) is 8.61. The maximum Gasteiger partial charge on any atom is 0.397 e. The molecule has 112 valence electrons. The Morgan fingerprint density at radius 2 is 1.89 bits per heavy atom. The Kier molecular flexibility index (Phi) is 5.20. The van der Waals surface area contributed by atoms with Gasteiger partial charge in [-0.15, -0.1) is 0 Å². The van der Waals surface area contributed by atoms with Crippen LogP contribution in [-0.2, 0) is 24.1 Å². The smallest absolute Gasteiger partial charge is 0.388 e. The van der Waals surface area contributed by atoms with Crippen molar-refractivity contribution in [2.75, 3.05) is 6.61 Å². The molecule has 5 N–H and O–H groups in total. The lowest BCUT2D eigenvalue weighted by atomic mass is 9.97. The molecule has 0 radical (unpaired) electrons. The first-order valence-electron chi connectivity index (χ1n) is 5.20. The van der Waals surface area contributed by atoms with E-state index in [0.29, 0.717) is 0 Å². The molecule has 1 saturated heterocycles. The van der Waals surface area contributed by atoms with Crippen LogP contribution in [0.4, 0.5) is 0 Å². The molecule has 11 heteroatoms. The van der Waals surface area contributed by atoms with E-state index in [1.165, 1.54) is 0 Å². The van der Waals surface area contributed by atoms with Crippen LogP contribution >= 0.6 is 0 Å². The van der Waals surface area contributed by atoms with Crippen LogP contribution < -0.4 is 5.32 Å². The second-order valence-corrected chi connectivity index (χ2v) is 5.08. The van der Waals surface area contributed by atoms with Crippen LogP contribution in [0, 0.1) is 0 Å². The topological polar surface area (TPSA) is 163 Å². The number of carbonyl (C=O) groups excluding carboxylic acids is 1. The van der Waals surface area contributed by atoms with Gasteiger partial charge in [0.2, 0.25) is 5.91 Å². The van der Waals surface area contributed by atoms with E-state index in [0.717, 1.165) is 6.92 Å². The van der Waals surface area contributed by atoms with E-state index in [1.54, 1.807) is 0 Å². The van der Waals surface area contributed by atoms with E-state index >= 15 is 0 Å². The molecule has 1 aliphatic heterocycles. The molecule has 10 nitrogen and oxygen atoms in total. The molecular weight excluding hydrogens is 286 g/mol. The fourth-order valence-electron chi connectivity index (χ4n) is 1.63. The van der Waals surface area contributed by atoms with Gasteiger partial charge in [0, 0.05) is 6.92 Å². The third kappa shape index (κ3) is 4.65. The highest BCUT2D eigenvalue weighted by atomic mass is 32.3. The predicted molar refractivity (Wildman–Crippen MR) is 58.0 cm³/mol. The SMILES string of the molecule is CC(=O)NC1C(O)OC(COS(=O)(=O)O)[C@@H](O)[C@@H]1O. The molecule has 1 rings (SSSR count). The van der Waals surface area contributed by atoms with Crippen molar-refractivity contribution in [2.45, 2.75) is 37.6 Å². The zero-order valence-electron chi connectivity index (χ0n) is 9.83. The van der Waals surface area contributed by atoms with Crippen LogP contribution in [0.2, 0.25) is 0 Å². The lowest BCUT2D eigenvalue weighted by Crippen LogP contribution is -2.64. The van der Waals surface area contributed by atoms with E-state index in [2.05, 4.69) is 9.50 Å². The Labute approximate surface area is 108 Å². The van der Waals surface area contributed by atoms with Crippen molar-refractivity contribution in [1.29, 1.82) is 0 Å². The highest BCUT2D eigenvalue weighted by Crippen LogP contribution is 2.20. The number of ether oxygens (including phenoxy) is 1. The average molecular weight is 301 g/mol. The summed E-state index contributed by atoms with van der Waals surface area (Å²) in [6, 6.07) is -1.27. The Hall–Kier alpha value is -0.820. The van der Waals surface area contributed by atoms with Crippen molar-refractivity contribution >= 4 is 16.3 Å². The minimum absolute atomic E-state index is 0.563. The van der Waals surface area contributed by atoms with E-state index in [-0.39, 0.29) is 0 Å². The molecule has 0 spiro atoms. The molecule has 0 aromatic heterocycles. The molecule has 0 aliphatic carbocycles. The summed E-state index contributed by atoms with van der Waals surface area (Å²) in [6.45, 7) is 0.334. The van der Waals surface area contributed by atoms with Crippen LogP contribution in [0.3, 0.4) is 0 Å². The Morgan fingerprint density at radius 3 is 2.37 bits per heavy atom. The van der Waals surface area contributed by atoms with Gasteiger partial charge in [-0.1, -0.05) is 0 Å². The Bertz CT molecular complexity index is 424. The van der Waals surface area contributed by atoms with E-state index in [1.807, 2.05) is 0 Å². The van der Waals surface area contributed by atoms with Gasteiger partial charge >= 0.3 is 10.4 Å². The molecule has 1 aliphatic rings. The zero-order valence-corrected chi connectivity index (χ0v) is 10.6. The first-order valence-corrected chi connectivity index (χ1v) is 6.57. The molecule has 19 heavy (non-hydrogen) atoms. The summed E-state index contributed by atoms with van der Waals surface area (Å²) in [5, 5.41) is 31.0. The van der Waals surface area contributed by atoms with Crippen molar-refractivity contribution in [3.63, 3.8) is 0 Å². The molecule has 0 aromatic rings. The number of rotatable bonds is 4. The molecule has 1 amide bonds. The summed E-state index contributed by atoms with van der Waals surface area (Å²) >= 11 is 0. The van der Waals surface area contributed by atoms with Crippen LogP contribution in [0.25, 0.3) is 0 Å². The first kappa shape index (κ1) is 16.2. The quantitative estimate of drug-likeness (QED) is 0.335. The summed E-state index contributed by atoms with van der Waals surface area (Å²) in [5.41, 5.74) is 0. The third-order valence-corrected chi connectivity index (χ3v) is 2.91. The van der Waals surface area contributed by atoms with Crippen molar-refractivity contribution in [1.82, 2.24) is 5.32 Å². The number of nitrogens with one attached hydrogen (secondary N) is 1. The maximum atomic E-state index is 10.8. The molecule has 0 bridgehead atoms. The molecule has 1 fully saturated rings. The zero-order chi connectivity index (χ0) is 14.8. The van der Waals surface area contributed by atoms with E-state index < -0.39 is 53.6 Å². The molecule has 3 unspecified atom stereocenters. The number of aliphatic hydroxyl groups is 3. The number of hydrogen-bond donors (Lipinski definition) is 5. The fraction of sp³-hybridized carbons (Fsp3) is 0.875. The van der Waals surface area contributed by atoms with Gasteiger partial charge in [0.05, 0.1) is 6.61 Å². The van der Waals surface area contributed by atoms with E-state index in [4.69, 9.17) is 9.29 Å². The summed E-state index contributed by atoms with van der Waals surface area (Å²) in [6.07, 6.45) is -6.28. The number of hydrogen-bond acceptors (Lipinski definition) is 8. The van der Waals surface area contributed by atoms with Gasteiger partial charge in [-0.05, 0) is 0 Å². The summed E-state index contributed by atoms with van der Waals surface area (Å²) in [4.78, 5) is 10.8. The van der Waals surface area contributed by atoms with Crippen LogP contribution in [0.15, 0.2) is 0 Å². The predicted octanol–water partition coefficient (Wildman–Crippen LogP) is -3.25. The maximum absolute atomic E-state index is 10.8. The second kappa shape index (κ2) is 6.09. The van der Waals surface area contributed by atoms with Crippen molar-refractivity contribution in [3.8, 4) is 0 Å². The average Bonchev–Trinajstić information content (AvgIpc) is 2.26. The summed E-state index contributed by atoms with van der Waals surface area (Å²) in [5.74, 6) is -0.563. The highest BCUT2D eigenvalue weighted by molar-refractivity contribution is 7.80. The highest BCUT2D eigenvalue weighted by Gasteiger charge is 2.44. The van der Waals surface area contributed by atoms with Crippen LogP contribution in [-0.4, -0.2) is 71.4 Å². The normalized spacial score (nSPS) is 35.9. The molecule has 5 atom stereocenters. The van der Waals surface area contributed by atoms with Crippen molar-refractivity contribution in [2.24, 2.45) is 0 Å². The molecule has 1 heterocycles. The second-order valence-electron chi connectivity index (χ2n) is 3.98. The fourth-order valence-corrected chi connectivity index (χ4v) is 1.93. The lowest BCUT2D eigenvalue weighted by Gasteiger charge is -2.40. The molecule has 0 saturated carbocycles. The summed E-state index contributed by atoms with van der Waals surface area (Å²) < 4.78 is 37.9. The van der Waals surface area contributed by atoms with Gasteiger partial charge in [-0.25, -0.2) is 4.18 Å². The van der Waals surface area contributed by atoms with Gasteiger partial charge in [-0.2, -0.15) is 8.42 Å². The van der Waals surface area contributed by atoms with Gasteiger partial charge in [0.25, 0.3) is 0 Å². The number of amides is 1. The third-order valence-electron chi connectivity index (χ3n) is 2.47. The minimum Gasteiger partial charge on any atom is -0.388 e. The Balaban J connectivity index is 2.69. The van der Waals surface area contributed by atoms with Gasteiger partial charge in [0.1, 0.15) is 24.4 Å². The van der Waals surface area contributed by atoms with Gasteiger partial charge in [0.15, 0.2) is 6.29 Å². The van der Waals surface area contributed by atoms with Crippen LogP contribution in [0.1, 0.15) is 6.92 Å². The van der Waals surface area contributed by atoms with E-state index in [9.17, 15) is 28.5 Å². The molecule has 0 aromatic carbocycles. The van der Waals surface area contributed by atoms with Crippen molar-refractivity contribution < 1.29 is 42.0 Å². The monoisotopic (exact) mass is 301 g/mol. The summed E-state index contributed by atoms with van der Waals surface area (Å²) in [7, 11) is -4.74. The number of carbonyl (C=O) groups is 1. The Morgan fingerprint density at radius 1 is 1.32 bits per heavy atom. The van der Waals surface area contributed by atoms with Gasteiger partial charge in [-0.3, -0.25) is 9.35 Å². The van der Waals surface area contributed by atoms with Crippen LogP contribution in [0.5, 0.6) is 0 Å². The lowest BCUT2D eigenvalue weighted by molar-refractivity contribution is -0.252. The molecular formula is C8H15NO9S. The number of aliphatic hydroxyl groups excluding tert-OH is 3. The standard InChI is InChI=1S/C8H15NO9S/c1-3(10)9-5-7(12)6(11)4(18-8(5)13)2-17-19(14,15)16/h4-8,11-13H,2H2,1H3,(H,9,10)(H,14,15,16)/t4?,5?,6-,7-,8?/m1/s1.